The summed E-state index contributed by atoms with van der Waals surface area (Å²) in [6.45, 7) is 4.76. The van der Waals surface area contributed by atoms with Crippen molar-refractivity contribution >= 4 is 40.9 Å². The van der Waals surface area contributed by atoms with Crippen molar-refractivity contribution in [1.29, 1.82) is 5.26 Å². The third kappa shape index (κ3) is 3.72. The molecule has 3 rings (SSSR count). The Morgan fingerprint density at radius 2 is 2.16 bits per heavy atom. The predicted molar refractivity (Wildman–Crippen MR) is 95.5 cm³/mol. The van der Waals surface area contributed by atoms with Crippen LogP contribution in [0.3, 0.4) is 0 Å². The van der Waals surface area contributed by atoms with E-state index in [0.29, 0.717) is 43.7 Å². The molecule has 0 saturated carbocycles. The number of nitrogens with zero attached hydrogens (tertiary/aromatic N) is 5. The number of oxazole rings is 1. The quantitative estimate of drug-likeness (QED) is 0.572. The lowest BCUT2D eigenvalue weighted by molar-refractivity contribution is 0.0491. The summed E-state index contributed by atoms with van der Waals surface area (Å²) in [6, 6.07) is 2.63. The lowest BCUT2D eigenvalue weighted by atomic mass is 10.3. The average molecular weight is 379 g/mol. The van der Waals surface area contributed by atoms with Crippen molar-refractivity contribution in [2.24, 2.45) is 0 Å². The third-order valence-corrected chi connectivity index (χ3v) is 5.62. The van der Waals surface area contributed by atoms with Crippen LogP contribution in [0.4, 0.5) is 11.8 Å². The minimum atomic E-state index is -0.509. The van der Waals surface area contributed by atoms with Crippen LogP contribution in [0.5, 0.6) is 0 Å². The Morgan fingerprint density at radius 3 is 2.80 bits per heavy atom. The Kier molecular flexibility index (Phi) is 5.45. The first-order valence-electron chi connectivity index (χ1n) is 7.74. The topological polar surface area (TPSA) is 95.5 Å². The molecule has 1 aliphatic heterocycles. The second kappa shape index (κ2) is 7.76. The van der Waals surface area contributed by atoms with Gasteiger partial charge in [0.05, 0.1) is 12.8 Å². The molecule has 3 heterocycles. The van der Waals surface area contributed by atoms with Crippen molar-refractivity contribution in [3.05, 3.63) is 16.8 Å². The summed E-state index contributed by atoms with van der Waals surface area (Å²) >= 11 is 2.96. The Labute approximate surface area is 153 Å². The van der Waals surface area contributed by atoms with E-state index >= 15 is 0 Å². The van der Waals surface area contributed by atoms with E-state index in [2.05, 4.69) is 20.9 Å². The molecule has 1 aliphatic rings. The molecule has 0 N–H and O–H groups in total. The maximum atomic E-state index is 11.7. The van der Waals surface area contributed by atoms with Crippen molar-refractivity contribution in [3.63, 3.8) is 0 Å². The van der Waals surface area contributed by atoms with Crippen LogP contribution in [0, 0.1) is 11.3 Å². The second-order valence-electron chi connectivity index (χ2n) is 5.15. The van der Waals surface area contributed by atoms with E-state index in [4.69, 9.17) is 9.15 Å². The summed E-state index contributed by atoms with van der Waals surface area (Å²) in [7, 11) is 0. The molecule has 0 amide bonds. The summed E-state index contributed by atoms with van der Waals surface area (Å²) in [5.41, 5.74) is 0. The number of thiazole rings is 1. The lowest BCUT2D eigenvalue weighted by Gasteiger charge is -2.34. The van der Waals surface area contributed by atoms with Gasteiger partial charge in [0.15, 0.2) is 10.2 Å². The SMILES string of the molecule is CCOC(=O)c1cnc(N2CCN(c3nc(SC)sc3C#N)CC2)o1. The number of aromatic nitrogens is 2. The van der Waals surface area contributed by atoms with Crippen molar-refractivity contribution in [2.75, 3.05) is 48.8 Å². The molecule has 8 nitrogen and oxygen atoms in total. The number of carbonyl (C=O) groups is 1. The van der Waals surface area contributed by atoms with E-state index in [1.807, 2.05) is 11.2 Å². The number of carbonyl (C=O) groups excluding carboxylic acids is 1. The maximum absolute atomic E-state index is 11.7. The Hall–Kier alpha value is -2.25. The normalized spacial score (nSPS) is 14.4. The van der Waals surface area contributed by atoms with Crippen LogP contribution >= 0.6 is 23.1 Å². The molecule has 1 saturated heterocycles. The van der Waals surface area contributed by atoms with Gasteiger partial charge in [-0.05, 0) is 13.2 Å². The first-order valence-corrected chi connectivity index (χ1v) is 9.78. The van der Waals surface area contributed by atoms with E-state index in [1.165, 1.54) is 17.5 Å². The van der Waals surface area contributed by atoms with Gasteiger partial charge in [-0.1, -0.05) is 23.1 Å². The van der Waals surface area contributed by atoms with E-state index in [0.717, 1.165) is 10.2 Å². The van der Waals surface area contributed by atoms with Crippen molar-refractivity contribution in [1.82, 2.24) is 9.97 Å². The number of anilines is 2. The van der Waals surface area contributed by atoms with Crippen LogP contribution in [-0.4, -0.2) is 55.0 Å². The summed E-state index contributed by atoms with van der Waals surface area (Å²) in [5.74, 6) is 0.344. The molecule has 132 valence electrons. The highest BCUT2D eigenvalue weighted by atomic mass is 32.2. The van der Waals surface area contributed by atoms with Gasteiger partial charge in [0.25, 0.3) is 6.01 Å². The molecular weight excluding hydrogens is 362 g/mol. The van der Waals surface area contributed by atoms with Crippen molar-refractivity contribution in [2.45, 2.75) is 11.3 Å². The molecule has 2 aromatic heterocycles. The number of nitriles is 1. The molecule has 0 aromatic carbocycles. The van der Waals surface area contributed by atoms with Crippen LogP contribution in [0.25, 0.3) is 0 Å². The first kappa shape index (κ1) is 17.6. The van der Waals surface area contributed by atoms with E-state index in [1.54, 1.807) is 18.7 Å². The van der Waals surface area contributed by atoms with E-state index < -0.39 is 5.97 Å². The Morgan fingerprint density at radius 1 is 1.44 bits per heavy atom. The number of hydrogen-bond acceptors (Lipinski definition) is 10. The largest absolute Gasteiger partial charge is 0.460 e. The zero-order chi connectivity index (χ0) is 17.8. The maximum Gasteiger partial charge on any atom is 0.376 e. The second-order valence-corrected chi connectivity index (χ2v) is 7.20. The molecule has 0 bridgehead atoms. The van der Waals surface area contributed by atoms with Gasteiger partial charge in [0, 0.05) is 26.2 Å². The number of hydrogen-bond donors (Lipinski definition) is 0. The Bertz CT molecular complexity index is 789. The van der Waals surface area contributed by atoms with Gasteiger partial charge in [0.1, 0.15) is 10.9 Å². The van der Waals surface area contributed by atoms with E-state index in [-0.39, 0.29) is 5.76 Å². The number of piperazine rings is 1. The lowest BCUT2D eigenvalue weighted by Crippen LogP contribution is -2.47. The molecule has 1 fully saturated rings. The van der Waals surface area contributed by atoms with Crippen LogP contribution in [0.15, 0.2) is 15.0 Å². The van der Waals surface area contributed by atoms with Gasteiger partial charge in [-0.3, -0.25) is 0 Å². The van der Waals surface area contributed by atoms with Gasteiger partial charge in [-0.2, -0.15) is 5.26 Å². The summed E-state index contributed by atoms with van der Waals surface area (Å²) in [6.07, 6.45) is 3.34. The van der Waals surface area contributed by atoms with Crippen LogP contribution in [0.2, 0.25) is 0 Å². The van der Waals surface area contributed by atoms with Crippen LogP contribution in [-0.2, 0) is 4.74 Å². The van der Waals surface area contributed by atoms with Gasteiger partial charge >= 0.3 is 5.97 Å². The molecule has 2 aromatic rings. The summed E-state index contributed by atoms with van der Waals surface area (Å²) in [4.78, 5) is 25.1. The summed E-state index contributed by atoms with van der Waals surface area (Å²) < 4.78 is 11.3. The monoisotopic (exact) mass is 379 g/mol. The van der Waals surface area contributed by atoms with Gasteiger partial charge in [-0.15, -0.1) is 0 Å². The smallest absolute Gasteiger partial charge is 0.376 e. The standard InChI is InChI=1S/C15H17N5O3S2/c1-3-22-13(21)10-9-17-14(23-10)20-6-4-19(5-7-20)12-11(8-16)25-15(18-12)24-2/h9H,3-7H2,1-2H3. The minimum Gasteiger partial charge on any atom is -0.460 e. The highest BCUT2D eigenvalue weighted by Gasteiger charge is 2.25. The molecule has 0 aliphatic carbocycles. The number of rotatable bonds is 5. The zero-order valence-corrected chi connectivity index (χ0v) is 15.5. The number of thioether (sulfide) groups is 1. The fourth-order valence-corrected chi connectivity index (χ4v) is 3.86. The highest BCUT2D eigenvalue weighted by molar-refractivity contribution is 8.00. The van der Waals surface area contributed by atoms with E-state index in [9.17, 15) is 10.1 Å². The molecule has 10 heteroatoms. The fraction of sp³-hybridized carbons (Fsp3) is 0.467. The van der Waals surface area contributed by atoms with Gasteiger partial charge in [-0.25, -0.2) is 14.8 Å². The molecule has 0 atom stereocenters. The van der Waals surface area contributed by atoms with Crippen LogP contribution < -0.4 is 9.80 Å². The van der Waals surface area contributed by atoms with Gasteiger partial charge in [0.2, 0.25) is 5.76 Å². The van der Waals surface area contributed by atoms with Crippen molar-refractivity contribution < 1.29 is 13.9 Å². The molecule has 0 spiro atoms. The third-order valence-electron chi connectivity index (χ3n) is 3.69. The number of ether oxygens (including phenoxy) is 1. The number of esters is 1. The average Bonchev–Trinajstić information content (AvgIpc) is 3.29. The summed E-state index contributed by atoms with van der Waals surface area (Å²) in [5, 5.41) is 9.29. The minimum absolute atomic E-state index is 0.107. The first-order chi connectivity index (χ1) is 12.2. The van der Waals surface area contributed by atoms with Crippen molar-refractivity contribution in [3.8, 4) is 6.07 Å². The van der Waals surface area contributed by atoms with Gasteiger partial charge < -0.3 is 19.0 Å². The van der Waals surface area contributed by atoms with Crippen LogP contribution in [0.1, 0.15) is 22.4 Å². The fourth-order valence-electron chi connectivity index (χ4n) is 2.48. The predicted octanol–water partition coefficient (Wildman–Crippen LogP) is 2.23. The zero-order valence-electron chi connectivity index (χ0n) is 13.9. The Balaban J connectivity index is 1.65. The highest BCUT2D eigenvalue weighted by Crippen LogP contribution is 2.31. The molecule has 0 radical (unpaired) electrons. The molecule has 0 unspecified atom stereocenters. The molecular formula is C15H17N5O3S2. The molecule has 25 heavy (non-hydrogen) atoms.